The molecule has 0 aromatic heterocycles. The van der Waals surface area contributed by atoms with Crippen molar-refractivity contribution in [3.63, 3.8) is 0 Å². The van der Waals surface area contributed by atoms with Gasteiger partial charge >= 0.3 is 0 Å². The number of nitrogens with zero attached hydrogens (tertiary/aromatic N) is 1. The lowest BCUT2D eigenvalue weighted by molar-refractivity contribution is -0.0780. The normalized spacial score (nSPS) is 33.4. The fourth-order valence-corrected chi connectivity index (χ4v) is 1.87. The number of aliphatic hydroxyl groups excluding tert-OH is 1. The summed E-state index contributed by atoms with van der Waals surface area (Å²) in [7, 11) is 0. The van der Waals surface area contributed by atoms with Gasteiger partial charge in [0, 0.05) is 19.1 Å². The number of aliphatic hydroxyl groups is 2. The summed E-state index contributed by atoms with van der Waals surface area (Å²) in [6.07, 6.45) is 0.900. The minimum absolute atomic E-state index is 0.0558. The van der Waals surface area contributed by atoms with Gasteiger partial charge in [0.2, 0.25) is 0 Å². The Kier molecular flexibility index (Phi) is 6.33. The van der Waals surface area contributed by atoms with Crippen LogP contribution >= 0.6 is 0 Å². The van der Waals surface area contributed by atoms with Crippen molar-refractivity contribution in [3.8, 4) is 0 Å². The van der Waals surface area contributed by atoms with Crippen LogP contribution in [0, 0.1) is 5.92 Å². The first-order valence-corrected chi connectivity index (χ1v) is 5.65. The highest BCUT2D eigenvalue weighted by molar-refractivity contribution is 4.89. The lowest BCUT2D eigenvalue weighted by atomic mass is 9.83. The number of piperidine rings is 1. The maximum atomic E-state index is 9.93. The van der Waals surface area contributed by atoms with E-state index in [1.807, 2.05) is 20.8 Å². The van der Waals surface area contributed by atoms with E-state index in [9.17, 15) is 5.11 Å². The molecule has 1 saturated heterocycles. The molecule has 0 aliphatic carbocycles. The predicted octanol–water partition coefficient (Wildman–Crippen LogP) is 1.10. The van der Waals surface area contributed by atoms with Gasteiger partial charge < -0.3 is 15.1 Å². The van der Waals surface area contributed by atoms with Crippen molar-refractivity contribution in [1.82, 2.24) is 4.90 Å². The van der Waals surface area contributed by atoms with E-state index in [1.54, 1.807) is 0 Å². The van der Waals surface area contributed by atoms with Gasteiger partial charge in [0.05, 0.1) is 5.60 Å². The van der Waals surface area contributed by atoms with E-state index in [0.717, 1.165) is 19.5 Å². The van der Waals surface area contributed by atoms with Crippen LogP contribution in [0.25, 0.3) is 0 Å². The molecule has 1 aliphatic rings. The summed E-state index contributed by atoms with van der Waals surface area (Å²) in [4.78, 5) is 2.21. The Labute approximate surface area is 87.7 Å². The molecule has 2 N–H and O–H groups in total. The van der Waals surface area contributed by atoms with E-state index in [4.69, 9.17) is 5.11 Å². The number of hydrogen-bond acceptors (Lipinski definition) is 3. The van der Waals surface area contributed by atoms with Crippen molar-refractivity contribution in [2.45, 2.75) is 39.7 Å². The van der Waals surface area contributed by atoms with Crippen LogP contribution in [-0.4, -0.2) is 47.0 Å². The SMILES string of the molecule is CC.CCN1CCC(CO)C(C)(O)C1. The van der Waals surface area contributed by atoms with Crippen LogP contribution in [0.4, 0.5) is 0 Å². The highest BCUT2D eigenvalue weighted by atomic mass is 16.3. The highest BCUT2D eigenvalue weighted by Crippen LogP contribution is 2.26. The van der Waals surface area contributed by atoms with Gasteiger partial charge in [-0.15, -0.1) is 0 Å². The largest absolute Gasteiger partial charge is 0.396 e. The second kappa shape index (κ2) is 6.38. The molecule has 1 rings (SSSR count). The summed E-state index contributed by atoms with van der Waals surface area (Å²) in [6.45, 7) is 10.7. The van der Waals surface area contributed by atoms with Gasteiger partial charge in [-0.1, -0.05) is 20.8 Å². The molecule has 0 radical (unpaired) electrons. The Morgan fingerprint density at radius 2 is 2.00 bits per heavy atom. The Morgan fingerprint density at radius 3 is 2.36 bits per heavy atom. The summed E-state index contributed by atoms with van der Waals surface area (Å²) >= 11 is 0. The van der Waals surface area contributed by atoms with E-state index in [-0.39, 0.29) is 12.5 Å². The molecular weight excluding hydrogens is 178 g/mol. The van der Waals surface area contributed by atoms with Crippen molar-refractivity contribution >= 4 is 0 Å². The van der Waals surface area contributed by atoms with Gasteiger partial charge in [-0.25, -0.2) is 0 Å². The van der Waals surface area contributed by atoms with Crippen LogP contribution < -0.4 is 0 Å². The number of hydrogen-bond donors (Lipinski definition) is 2. The summed E-state index contributed by atoms with van der Waals surface area (Å²) in [5.41, 5.74) is -0.705. The van der Waals surface area contributed by atoms with Crippen LogP contribution in [0.5, 0.6) is 0 Å². The summed E-state index contributed by atoms with van der Waals surface area (Å²) in [5.74, 6) is 0.0558. The molecule has 0 aromatic rings. The molecule has 14 heavy (non-hydrogen) atoms. The van der Waals surface area contributed by atoms with Gasteiger partial charge in [0.1, 0.15) is 0 Å². The van der Waals surface area contributed by atoms with E-state index in [0.29, 0.717) is 6.54 Å². The Hall–Kier alpha value is -0.120. The highest BCUT2D eigenvalue weighted by Gasteiger charge is 2.36. The second-order valence-electron chi connectivity index (χ2n) is 3.89. The van der Waals surface area contributed by atoms with E-state index in [1.165, 1.54) is 0 Å². The number of likely N-dealkylation sites (N-methyl/N-ethyl adjacent to an activating group) is 1. The summed E-state index contributed by atoms with van der Waals surface area (Å²) in [5, 5.41) is 18.9. The first-order valence-electron chi connectivity index (χ1n) is 5.65. The third-order valence-electron chi connectivity index (χ3n) is 2.88. The molecule has 1 fully saturated rings. The molecule has 3 heteroatoms. The first kappa shape index (κ1) is 13.9. The molecule has 1 aliphatic heterocycles. The fraction of sp³-hybridized carbons (Fsp3) is 1.00. The van der Waals surface area contributed by atoms with Crippen LogP contribution in [0.2, 0.25) is 0 Å². The number of likely N-dealkylation sites (tertiary alicyclic amines) is 1. The first-order chi connectivity index (χ1) is 6.60. The van der Waals surface area contributed by atoms with Crippen molar-refractivity contribution < 1.29 is 10.2 Å². The molecular formula is C11H25NO2. The molecule has 2 atom stereocenters. The zero-order valence-electron chi connectivity index (χ0n) is 9.95. The molecule has 86 valence electrons. The van der Waals surface area contributed by atoms with E-state index >= 15 is 0 Å². The molecule has 0 spiro atoms. The van der Waals surface area contributed by atoms with Gasteiger partial charge in [-0.2, -0.15) is 0 Å². The van der Waals surface area contributed by atoms with Crippen LogP contribution in [-0.2, 0) is 0 Å². The maximum absolute atomic E-state index is 9.93. The number of β-amino-alcohol motifs (C(OH)–C–C–N with tert-alkyl or cyclic N) is 1. The van der Waals surface area contributed by atoms with Crippen molar-refractivity contribution in [3.05, 3.63) is 0 Å². The Balaban J connectivity index is 0.000000791. The molecule has 0 amide bonds. The van der Waals surface area contributed by atoms with Crippen molar-refractivity contribution in [1.29, 1.82) is 0 Å². The number of rotatable bonds is 2. The molecule has 0 aromatic carbocycles. The van der Waals surface area contributed by atoms with Crippen molar-refractivity contribution in [2.24, 2.45) is 5.92 Å². The maximum Gasteiger partial charge on any atom is 0.0796 e. The quantitative estimate of drug-likeness (QED) is 0.706. The van der Waals surface area contributed by atoms with Gasteiger partial charge in [-0.3, -0.25) is 0 Å². The Bertz CT molecular complexity index is 148. The summed E-state index contributed by atoms with van der Waals surface area (Å²) < 4.78 is 0. The van der Waals surface area contributed by atoms with E-state index < -0.39 is 5.60 Å². The van der Waals surface area contributed by atoms with Crippen LogP contribution in [0.15, 0.2) is 0 Å². The van der Waals surface area contributed by atoms with Gasteiger partial charge in [0.25, 0.3) is 0 Å². The van der Waals surface area contributed by atoms with E-state index in [2.05, 4.69) is 11.8 Å². The second-order valence-corrected chi connectivity index (χ2v) is 3.89. The summed E-state index contributed by atoms with van der Waals surface area (Å²) in [6, 6.07) is 0. The lowest BCUT2D eigenvalue weighted by Crippen LogP contribution is -2.53. The minimum Gasteiger partial charge on any atom is -0.396 e. The van der Waals surface area contributed by atoms with Crippen LogP contribution in [0.3, 0.4) is 0 Å². The zero-order chi connectivity index (χ0) is 11.2. The molecule has 3 nitrogen and oxygen atoms in total. The third-order valence-corrected chi connectivity index (χ3v) is 2.88. The van der Waals surface area contributed by atoms with Gasteiger partial charge in [0.15, 0.2) is 0 Å². The topological polar surface area (TPSA) is 43.7 Å². The standard InChI is InChI=1S/C9H19NO2.C2H6/c1-3-10-5-4-8(6-11)9(2,12)7-10;1-2/h8,11-12H,3-7H2,1-2H3;1-2H3. The minimum atomic E-state index is -0.705. The van der Waals surface area contributed by atoms with Gasteiger partial charge in [-0.05, 0) is 26.4 Å². The monoisotopic (exact) mass is 203 g/mol. The molecule has 2 unspecified atom stereocenters. The van der Waals surface area contributed by atoms with Crippen molar-refractivity contribution in [2.75, 3.05) is 26.2 Å². The molecule has 0 bridgehead atoms. The van der Waals surface area contributed by atoms with Crippen LogP contribution in [0.1, 0.15) is 34.1 Å². The smallest absolute Gasteiger partial charge is 0.0796 e. The average molecular weight is 203 g/mol. The lowest BCUT2D eigenvalue weighted by Gasteiger charge is -2.41. The zero-order valence-corrected chi connectivity index (χ0v) is 9.95. The predicted molar refractivity (Wildman–Crippen MR) is 59.3 cm³/mol. The Morgan fingerprint density at radius 1 is 1.43 bits per heavy atom. The fourth-order valence-electron chi connectivity index (χ4n) is 1.87. The third kappa shape index (κ3) is 3.56. The molecule has 0 saturated carbocycles. The average Bonchev–Trinajstić information content (AvgIpc) is 2.19. The molecule has 1 heterocycles.